The van der Waals surface area contributed by atoms with Crippen LogP contribution in [0.5, 0.6) is 5.75 Å². The minimum Gasteiger partial charge on any atom is -0.484 e. The van der Waals surface area contributed by atoms with Gasteiger partial charge in [-0.2, -0.15) is 0 Å². The summed E-state index contributed by atoms with van der Waals surface area (Å²) in [6, 6.07) is 11.8. The smallest absolute Gasteiger partial charge is 0.276 e. The Balaban J connectivity index is 1.24. The highest BCUT2D eigenvalue weighted by Gasteiger charge is 2.47. The SMILES string of the molecule is Cc1ccc(OCC(=O)NNC(=O)CNC(=O)C2c3ccccc3C(=O)N2C2CC2)cc1C. The van der Waals surface area contributed by atoms with Crippen LogP contribution < -0.4 is 20.9 Å². The molecule has 1 aliphatic carbocycles. The third-order valence-corrected chi connectivity index (χ3v) is 5.80. The van der Waals surface area contributed by atoms with Gasteiger partial charge in [0.05, 0.1) is 6.54 Å². The van der Waals surface area contributed by atoms with Crippen molar-refractivity contribution in [3.63, 3.8) is 0 Å². The Hall–Kier alpha value is -3.88. The molecule has 3 N–H and O–H groups in total. The van der Waals surface area contributed by atoms with E-state index in [4.69, 9.17) is 4.74 Å². The molecule has 9 heteroatoms. The monoisotopic (exact) mass is 450 g/mol. The lowest BCUT2D eigenvalue weighted by Gasteiger charge is -2.24. The van der Waals surface area contributed by atoms with Gasteiger partial charge in [0.1, 0.15) is 11.8 Å². The van der Waals surface area contributed by atoms with Gasteiger partial charge in [-0.1, -0.05) is 24.3 Å². The summed E-state index contributed by atoms with van der Waals surface area (Å²) in [6.07, 6.45) is 1.72. The maximum atomic E-state index is 12.9. The molecule has 172 valence electrons. The summed E-state index contributed by atoms with van der Waals surface area (Å²) < 4.78 is 5.41. The van der Waals surface area contributed by atoms with Crippen molar-refractivity contribution in [1.29, 1.82) is 0 Å². The van der Waals surface area contributed by atoms with Crippen molar-refractivity contribution in [1.82, 2.24) is 21.1 Å². The predicted molar refractivity (Wildman–Crippen MR) is 119 cm³/mol. The maximum Gasteiger partial charge on any atom is 0.276 e. The molecule has 1 heterocycles. The lowest BCUT2D eigenvalue weighted by molar-refractivity contribution is -0.131. The summed E-state index contributed by atoms with van der Waals surface area (Å²) in [4.78, 5) is 51.2. The van der Waals surface area contributed by atoms with Gasteiger partial charge < -0.3 is 15.0 Å². The average Bonchev–Trinajstić information content (AvgIpc) is 3.60. The fourth-order valence-corrected chi connectivity index (χ4v) is 3.77. The lowest BCUT2D eigenvalue weighted by atomic mass is 10.0. The first-order valence-electron chi connectivity index (χ1n) is 10.8. The summed E-state index contributed by atoms with van der Waals surface area (Å²) in [5.74, 6) is -1.17. The third-order valence-electron chi connectivity index (χ3n) is 5.80. The number of rotatable bonds is 7. The highest BCUT2D eigenvalue weighted by molar-refractivity contribution is 6.05. The summed E-state index contributed by atoms with van der Waals surface area (Å²) in [6.45, 7) is 3.31. The highest BCUT2D eigenvalue weighted by atomic mass is 16.5. The molecule has 1 saturated carbocycles. The molecule has 4 rings (SSSR count). The molecule has 0 radical (unpaired) electrons. The van der Waals surface area contributed by atoms with Gasteiger partial charge in [-0.05, 0) is 61.6 Å². The van der Waals surface area contributed by atoms with Crippen LogP contribution in [0.15, 0.2) is 42.5 Å². The minimum absolute atomic E-state index is 0.0473. The summed E-state index contributed by atoms with van der Waals surface area (Å²) in [5, 5.41) is 2.56. The Morgan fingerprint density at radius 2 is 1.73 bits per heavy atom. The molecule has 0 saturated heterocycles. The number of ether oxygens (including phenoxy) is 1. The van der Waals surface area contributed by atoms with Crippen LogP contribution in [-0.4, -0.2) is 47.7 Å². The standard InChI is InChI=1S/C24H26N4O5/c1-14-7-10-17(11-15(14)2)33-13-21(30)27-26-20(29)12-25-23(31)22-18-5-3-4-6-19(18)24(32)28(22)16-8-9-16/h3-7,10-11,16,22H,8-9,12-13H2,1-2H3,(H,25,31)(H,26,29)(H,27,30). The number of benzene rings is 2. The average molecular weight is 450 g/mol. The van der Waals surface area contributed by atoms with E-state index in [1.54, 1.807) is 35.2 Å². The van der Waals surface area contributed by atoms with Gasteiger partial charge in [-0.3, -0.25) is 30.0 Å². The van der Waals surface area contributed by atoms with Crippen LogP contribution >= 0.6 is 0 Å². The van der Waals surface area contributed by atoms with E-state index >= 15 is 0 Å². The molecular formula is C24H26N4O5. The van der Waals surface area contributed by atoms with Crippen molar-refractivity contribution < 1.29 is 23.9 Å². The van der Waals surface area contributed by atoms with E-state index < -0.39 is 23.8 Å². The van der Waals surface area contributed by atoms with E-state index in [0.29, 0.717) is 16.9 Å². The molecule has 0 aromatic heterocycles. The molecule has 2 aromatic rings. The number of nitrogens with zero attached hydrogens (tertiary/aromatic N) is 1. The molecule has 2 aromatic carbocycles. The first-order chi connectivity index (χ1) is 15.8. The van der Waals surface area contributed by atoms with Gasteiger partial charge in [0, 0.05) is 11.6 Å². The zero-order valence-electron chi connectivity index (χ0n) is 18.5. The Kier molecular flexibility index (Phi) is 6.30. The first kappa shape index (κ1) is 22.3. The van der Waals surface area contributed by atoms with Crippen LogP contribution in [-0.2, 0) is 14.4 Å². The van der Waals surface area contributed by atoms with Gasteiger partial charge in [-0.25, -0.2) is 0 Å². The molecule has 2 aliphatic rings. The topological polar surface area (TPSA) is 117 Å². The summed E-state index contributed by atoms with van der Waals surface area (Å²) >= 11 is 0. The number of hydrazine groups is 1. The number of nitrogens with one attached hydrogen (secondary N) is 3. The van der Waals surface area contributed by atoms with Crippen LogP contribution in [0.25, 0.3) is 0 Å². The fourth-order valence-electron chi connectivity index (χ4n) is 3.77. The number of amides is 4. The van der Waals surface area contributed by atoms with E-state index in [0.717, 1.165) is 24.0 Å². The van der Waals surface area contributed by atoms with Crippen molar-refractivity contribution in [2.45, 2.75) is 38.8 Å². The van der Waals surface area contributed by atoms with E-state index in [-0.39, 0.29) is 25.1 Å². The van der Waals surface area contributed by atoms with Crippen LogP contribution in [0, 0.1) is 13.8 Å². The number of carbonyl (C=O) groups excluding carboxylic acids is 4. The van der Waals surface area contributed by atoms with Crippen LogP contribution in [0.4, 0.5) is 0 Å². The predicted octanol–water partition coefficient (Wildman–Crippen LogP) is 1.31. The number of carbonyl (C=O) groups is 4. The fraction of sp³-hybridized carbons (Fsp3) is 0.333. The summed E-state index contributed by atoms with van der Waals surface area (Å²) in [5.41, 5.74) is 7.82. The van der Waals surface area contributed by atoms with Crippen molar-refractivity contribution in [2.24, 2.45) is 0 Å². The van der Waals surface area contributed by atoms with Gasteiger partial charge in [0.2, 0.25) is 5.91 Å². The Labute approximate surface area is 191 Å². The quantitative estimate of drug-likeness (QED) is 0.550. The van der Waals surface area contributed by atoms with E-state index in [2.05, 4.69) is 16.2 Å². The zero-order valence-corrected chi connectivity index (χ0v) is 18.5. The van der Waals surface area contributed by atoms with Crippen molar-refractivity contribution in [3.05, 3.63) is 64.7 Å². The van der Waals surface area contributed by atoms with Crippen LogP contribution in [0.1, 0.15) is 45.9 Å². The van der Waals surface area contributed by atoms with Gasteiger partial charge >= 0.3 is 0 Å². The maximum absolute atomic E-state index is 12.9. The molecular weight excluding hydrogens is 424 g/mol. The molecule has 1 unspecified atom stereocenters. The normalized spacial score (nSPS) is 16.7. The molecule has 1 aliphatic heterocycles. The van der Waals surface area contributed by atoms with Crippen molar-refractivity contribution >= 4 is 23.6 Å². The molecule has 9 nitrogen and oxygen atoms in total. The molecule has 1 fully saturated rings. The number of hydrogen-bond donors (Lipinski definition) is 3. The third kappa shape index (κ3) is 4.97. The second-order valence-corrected chi connectivity index (χ2v) is 8.28. The number of fused-ring (bicyclic) bond motifs is 1. The van der Waals surface area contributed by atoms with Crippen molar-refractivity contribution in [3.8, 4) is 5.75 Å². The van der Waals surface area contributed by atoms with Crippen molar-refractivity contribution in [2.75, 3.05) is 13.2 Å². The van der Waals surface area contributed by atoms with Gasteiger partial charge in [0.15, 0.2) is 6.61 Å². The highest BCUT2D eigenvalue weighted by Crippen LogP contribution is 2.41. The zero-order chi connectivity index (χ0) is 23.5. The van der Waals surface area contributed by atoms with E-state index in [1.165, 1.54) is 0 Å². The molecule has 33 heavy (non-hydrogen) atoms. The van der Waals surface area contributed by atoms with E-state index in [9.17, 15) is 19.2 Å². The first-order valence-corrected chi connectivity index (χ1v) is 10.8. The Morgan fingerprint density at radius 1 is 1.00 bits per heavy atom. The largest absolute Gasteiger partial charge is 0.484 e. The molecule has 0 bridgehead atoms. The second kappa shape index (κ2) is 9.32. The lowest BCUT2D eigenvalue weighted by Crippen LogP contribution is -2.49. The number of hydrogen-bond acceptors (Lipinski definition) is 5. The minimum atomic E-state index is -0.755. The van der Waals surface area contributed by atoms with Crippen LogP contribution in [0.2, 0.25) is 0 Å². The Bertz CT molecular complexity index is 1110. The number of aryl methyl sites for hydroxylation is 2. The molecule has 0 spiro atoms. The Morgan fingerprint density at radius 3 is 2.45 bits per heavy atom. The molecule has 1 atom stereocenters. The summed E-state index contributed by atoms with van der Waals surface area (Å²) in [7, 11) is 0. The van der Waals surface area contributed by atoms with Gasteiger partial charge in [-0.15, -0.1) is 0 Å². The van der Waals surface area contributed by atoms with E-state index in [1.807, 2.05) is 26.0 Å². The molecule has 4 amide bonds. The second-order valence-electron chi connectivity index (χ2n) is 8.28. The van der Waals surface area contributed by atoms with Gasteiger partial charge in [0.25, 0.3) is 17.7 Å². The van der Waals surface area contributed by atoms with Crippen LogP contribution in [0.3, 0.4) is 0 Å².